The van der Waals surface area contributed by atoms with Crippen molar-refractivity contribution in [3.8, 4) is 0 Å². The second-order valence-electron chi connectivity index (χ2n) is 5.92. The van der Waals surface area contributed by atoms with Crippen LogP contribution in [0.15, 0.2) is 0 Å². The second-order valence-corrected chi connectivity index (χ2v) is 13.9. The Morgan fingerprint density at radius 1 is 1.40 bits per heavy atom. The molecule has 1 unspecified atom stereocenters. The van der Waals surface area contributed by atoms with Gasteiger partial charge in [0, 0.05) is 14.7 Å². The number of hydrogen-bond acceptors (Lipinski definition) is 2. The van der Waals surface area contributed by atoms with Gasteiger partial charge in [0.15, 0.2) is 0 Å². The molecule has 0 aromatic carbocycles. The Morgan fingerprint density at radius 2 is 2.07 bits per heavy atom. The van der Waals surface area contributed by atoms with Crippen LogP contribution in [0, 0.1) is 0 Å². The van der Waals surface area contributed by atoms with Crippen molar-refractivity contribution >= 4 is 17.8 Å². The van der Waals surface area contributed by atoms with Crippen molar-refractivity contribution in [3.05, 3.63) is 0 Å². The Kier molecular flexibility index (Phi) is 4.58. The molecule has 2 nitrogen and oxygen atoms in total. The van der Waals surface area contributed by atoms with Gasteiger partial charge in [0.2, 0.25) is 9.76 Å². The minimum absolute atomic E-state index is 0.370. The van der Waals surface area contributed by atoms with Crippen LogP contribution >= 0.6 is 0 Å². The molecule has 1 rings (SSSR count). The SMILES string of the molecule is CC(C)([Si]OCC1CCCO1)[Si](C)(C)C. The minimum Gasteiger partial charge on any atom is -0.415 e. The molecule has 1 fully saturated rings. The highest BCUT2D eigenvalue weighted by Crippen LogP contribution is 2.35. The van der Waals surface area contributed by atoms with Crippen molar-refractivity contribution < 1.29 is 9.16 Å². The van der Waals surface area contributed by atoms with Gasteiger partial charge in [-0.2, -0.15) is 0 Å². The van der Waals surface area contributed by atoms with Gasteiger partial charge < -0.3 is 9.16 Å². The Balaban J connectivity index is 2.23. The van der Waals surface area contributed by atoms with Gasteiger partial charge in [-0.05, 0) is 17.5 Å². The standard InChI is InChI=1S/C11H24O2Si2/c1-11(2,15(3,4)5)14-13-9-10-7-6-8-12-10/h10H,6-9H2,1-5H3. The molecule has 0 amide bonds. The summed E-state index contributed by atoms with van der Waals surface area (Å²) in [6, 6.07) is 0. The van der Waals surface area contributed by atoms with E-state index in [2.05, 4.69) is 33.5 Å². The third kappa shape index (κ3) is 4.02. The largest absolute Gasteiger partial charge is 0.415 e. The van der Waals surface area contributed by atoms with Crippen LogP contribution in [0.4, 0.5) is 0 Å². The summed E-state index contributed by atoms with van der Waals surface area (Å²) in [6.07, 6.45) is 2.75. The summed E-state index contributed by atoms with van der Waals surface area (Å²) in [4.78, 5) is 0. The first kappa shape index (κ1) is 13.4. The van der Waals surface area contributed by atoms with Crippen LogP contribution in [0.2, 0.25) is 24.3 Å². The summed E-state index contributed by atoms with van der Waals surface area (Å²) in [5, 5.41) is 0. The lowest BCUT2D eigenvalue weighted by atomic mass is 10.2. The quantitative estimate of drug-likeness (QED) is 0.692. The van der Waals surface area contributed by atoms with Crippen molar-refractivity contribution in [1.82, 2.24) is 0 Å². The van der Waals surface area contributed by atoms with Crippen molar-refractivity contribution in [2.24, 2.45) is 0 Å². The third-order valence-corrected chi connectivity index (χ3v) is 10.6. The van der Waals surface area contributed by atoms with Crippen molar-refractivity contribution in [2.45, 2.75) is 57.1 Å². The van der Waals surface area contributed by atoms with Crippen molar-refractivity contribution in [2.75, 3.05) is 13.2 Å². The molecule has 0 N–H and O–H groups in total. The highest BCUT2D eigenvalue weighted by atomic mass is 28.4. The minimum atomic E-state index is -1.12. The predicted molar refractivity (Wildman–Crippen MR) is 68.1 cm³/mol. The molecule has 0 aromatic rings. The van der Waals surface area contributed by atoms with E-state index in [1.165, 1.54) is 12.8 Å². The first-order valence-electron chi connectivity index (χ1n) is 5.83. The van der Waals surface area contributed by atoms with Gasteiger partial charge >= 0.3 is 0 Å². The zero-order valence-electron chi connectivity index (χ0n) is 10.7. The van der Waals surface area contributed by atoms with Gasteiger partial charge in [-0.15, -0.1) is 0 Å². The van der Waals surface area contributed by atoms with Crippen molar-refractivity contribution in [3.63, 3.8) is 0 Å². The summed E-state index contributed by atoms with van der Waals surface area (Å²) in [6.45, 7) is 13.6. The van der Waals surface area contributed by atoms with Crippen LogP contribution < -0.4 is 0 Å². The Bertz CT molecular complexity index is 193. The maximum absolute atomic E-state index is 5.85. The molecule has 4 heteroatoms. The second kappa shape index (κ2) is 5.12. The molecule has 0 bridgehead atoms. The van der Waals surface area contributed by atoms with E-state index in [0.29, 0.717) is 20.5 Å². The molecule has 15 heavy (non-hydrogen) atoms. The molecule has 1 atom stereocenters. The van der Waals surface area contributed by atoms with Gasteiger partial charge in [-0.25, -0.2) is 0 Å². The highest BCUT2D eigenvalue weighted by Gasteiger charge is 2.36. The first-order chi connectivity index (χ1) is 6.83. The van der Waals surface area contributed by atoms with E-state index in [1.54, 1.807) is 0 Å². The van der Waals surface area contributed by atoms with E-state index >= 15 is 0 Å². The average molecular weight is 244 g/mol. The molecule has 2 radical (unpaired) electrons. The molecule has 0 spiro atoms. The molecular formula is C11H24O2Si2. The maximum atomic E-state index is 5.85. The summed E-state index contributed by atoms with van der Waals surface area (Å²) in [5.74, 6) is 0. The maximum Gasteiger partial charge on any atom is 0.233 e. The number of hydrogen-bond donors (Lipinski definition) is 0. The summed E-state index contributed by atoms with van der Waals surface area (Å²) < 4.78 is 11.8. The molecular weight excluding hydrogens is 220 g/mol. The molecule has 1 saturated heterocycles. The fourth-order valence-electron chi connectivity index (χ4n) is 1.24. The van der Waals surface area contributed by atoms with Crippen LogP contribution in [-0.2, 0) is 9.16 Å². The zero-order chi connectivity index (χ0) is 11.5. The monoisotopic (exact) mass is 244 g/mol. The highest BCUT2D eigenvalue weighted by molar-refractivity contribution is 6.86. The third-order valence-electron chi connectivity index (χ3n) is 3.50. The van der Waals surface area contributed by atoms with E-state index < -0.39 is 8.07 Å². The van der Waals surface area contributed by atoms with E-state index in [0.717, 1.165) is 13.2 Å². The lowest BCUT2D eigenvalue weighted by molar-refractivity contribution is 0.0684. The topological polar surface area (TPSA) is 18.5 Å². The van der Waals surface area contributed by atoms with Gasteiger partial charge in [0.05, 0.1) is 12.7 Å². The first-order valence-corrected chi connectivity index (χ1v) is 10.2. The fourth-order valence-corrected chi connectivity index (χ4v) is 3.32. The predicted octanol–water partition coefficient (Wildman–Crippen LogP) is 2.88. The Morgan fingerprint density at radius 3 is 2.53 bits per heavy atom. The van der Waals surface area contributed by atoms with Gasteiger partial charge in [0.1, 0.15) is 0 Å². The summed E-state index contributed by atoms with van der Waals surface area (Å²) in [5.41, 5.74) is 0. The van der Waals surface area contributed by atoms with E-state index in [4.69, 9.17) is 9.16 Å². The van der Waals surface area contributed by atoms with E-state index in [1.807, 2.05) is 0 Å². The smallest absolute Gasteiger partial charge is 0.233 e. The number of rotatable bonds is 5. The zero-order valence-corrected chi connectivity index (χ0v) is 12.7. The Labute approximate surface area is 97.7 Å². The summed E-state index contributed by atoms with van der Waals surface area (Å²) in [7, 11) is -0.496. The molecule has 0 aromatic heterocycles. The van der Waals surface area contributed by atoms with Crippen LogP contribution in [0.1, 0.15) is 26.7 Å². The molecule has 0 aliphatic carbocycles. The average Bonchev–Trinajstić information content (AvgIpc) is 2.54. The number of ether oxygens (including phenoxy) is 1. The molecule has 0 saturated carbocycles. The van der Waals surface area contributed by atoms with Crippen LogP contribution in [0.3, 0.4) is 0 Å². The molecule has 1 heterocycles. The summed E-state index contributed by atoms with van der Waals surface area (Å²) >= 11 is 0. The lowest BCUT2D eigenvalue weighted by Gasteiger charge is -2.35. The van der Waals surface area contributed by atoms with Gasteiger partial charge in [-0.3, -0.25) is 0 Å². The van der Waals surface area contributed by atoms with Gasteiger partial charge in [-0.1, -0.05) is 33.5 Å². The van der Waals surface area contributed by atoms with Crippen LogP contribution in [0.25, 0.3) is 0 Å². The Hall–Kier alpha value is 0.354. The normalized spacial score (nSPS) is 23.4. The van der Waals surface area contributed by atoms with E-state index in [-0.39, 0.29) is 0 Å². The molecule has 88 valence electrons. The lowest BCUT2D eigenvalue weighted by Crippen LogP contribution is -2.41. The molecule has 1 aliphatic rings. The van der Waals surface area contributed by atoms with Gasteiger partial charge in [0.25, 0.3) is 0 Å². The van der Waals surface area contributed by atoms with Crippen LogP contribution in [-0.4, -0.2) is 37.2 Å². The fraction of sp³-hybridized carbons (Fsp3) is 1.00. The van der Waals surface area contributed by atoms with Crippen molar-refractivity contribution in [1.29, 1.82) is 0 Å². The molecule has 1 aliphatic heterocycles. The van der Waals surface area contributed by atoms with E-state index in [9.17, 15) is 0 Å². The van der Waals surface area contributed by atoms with Crippen LogP contribution in [0.5, 0.6) is 0 Å².